The van der Waals surface area contributed by atoms with Gasteiger partial charge in [-0.2, -0.15) is 10.2 Å². The van der Waals surface area contributed by atoms with Crippen molar-refractivity contribution in [1.82, 2.24) is 29.8 Å². The van der Waals surface area contributed by atoms with Gasteiger partial charge in [-0.15, -0.1) is 0 Å². The van der Waals surface area contributed by atoms with Crippen LogP contribution in [-0.4, -0.2) is 49.5 Å². The van der Waals surface area contributed by atoms with Crippen molar-refractivity contribution in [3.63, 3.8) is 0 Å². The van der Waals surface area contributed by atoms with Crippen LogP contribution in [0.4, 0.5) is 0 Å². The van der Waals surface area contributed by atoms with Crippen molar-refractivity contribution < 1.29 is 4.79 Å². The second kappa shape index (κ2) is 5.57. The Balaban J connectivity index is 1.52. The molecule has 0 aromatic carbocycles. The predicted molar refractivity (Wildman–Crippen MR) is 80.2 cm³/mol. The van der Waals surface area contributed by atoms with Crippen LogP contribution in [0.25, 0.3) is 0 Å². The van der Waals surface area contributed by atoms with Crippen molar-refractivity contribution in [1.29, 1.82) is 0 Å². The van der Waals surface area contributed by atoms with E-state index in [1.54, 1.807) is 6.20 Å². The van der Waals surface area contributed by atoms with E-state index in [2.05, 4.69) is 15.5 Å². The zero-order valence-electron chi connectivity index (χ0n) is 12.5. The Morgan fingerprint density at radius 2 is 2.36 bits per heavy atom. The molecule has 0 aliphatic carbocycles. The van der Waals surface area contributed by atoms with Gasteiger partial charge in [0.15, 0.2) is 5.69 Å². The van der Waals surface area contributed by atoms with Gasteiger partial charge in [-0.05, 0) is 25.0 Å². The third-order valence-electron chi connectivity index (χ3n) is 4.48. The number of hydrogen-bond acceptors (Lipinski definition) is 4. The van der Waals surface area contributed by atoms with Crippen LogP contribution >= 0.6 is 0 Å². The van der Waals surface area contributed by atoms with Gasteiger partial charge in [0.05, 0.1) is 24.8 Å². The molecule has 2 aliphatic heterocycles. The average molecular weight is 300 g/mol. The SMILES string of the molecule is O=C(c1cc2n(n1)CCNC2)N1CCCC1Cn1cccn1. The number of hydrogen-bond donors (Lipinski definition) is 1. The maximum absolute atomic E-state index is 12.8. The summed E-state index contributed by atoms with van der Waals surface area (Å²) >= 11 is 0. The number of likely N-dealkylation sites (tertiary alicyclic amines) is 1. The van der Waals surface area contributed by atoms with E-state index < -0.39 is 0 Å². The van der Waals surface area contributed by atoms with Gasteiger partial charge in [-0.25, -0.2) is 0 Å². The Kier molecular flexibility index (Phi) is 3.42. The van der Waals surface area contributed by atoms with E-state index in [1.807, 2.05) is 32.6 Å². The predicted octanol–water partition coefficient (Wildman–Crippen LogP) is 0.488. The molecule has 0 spiro atoms. The van der Waals surface area contributed by atoms with Gasteiger partial charge >= 0.3 is 0 Å². The van der Waals surface area contributed by atoms with Crippen molar-refractivity contribution >= 4 is 5.91 Å². The number of carbonyl (C=O) groups excluding carboxylic acids is 1. The molecule has 0 saturated carbocycles. The first-order valence-electron chi connectivity index (χ1n) is 7.87. The number of fused-ring (bicyclic) bond motifs is 1. The van der Waals surface area contributed by atoms with Gasteiger partial charge in [-0.3, -0.25) is 14.2 Å². The van der Waals surface area contributed by atoms with Gasteiger partial charge in [-0.1, -0.05) is 0 Å². The van der Waals surface area contributed by atoms with Gasteiger partial charge < -0.3 is 10.2 Å². The zero-order valence-corrected chi connectivity index (χ0v) is 12.5. The molecule has 1 unspecified atom stereocenters. The topological polar surface area (TPSA) is 68.0 Å². The summed E-state index contributed by atoms with van der Waals surface area (Å²) in [6.07, 6.45) is 5.80. The Bertz CT molecular complexity index is 638. The minimum atomic E-state index is 0.0524. The van der Waals surface area contributed by atoms with Gasteiger partial charge in [0, 0.05) is 32.0 Å². The van der Waals surface area contributed by atoms with Gasteiger partial charge in [0.25, 0.3) is 5.91 Å². The molecule has 2 aromatic heterocycles. The number of nitrogens with zero attached hydrogens (tertiary/aromatic N) is 5. The molecular weight excluding hydrogens is 280 g/mol. The number of amides is 1. The van der Waals surface area contributed by atoms with Crippen LogP contribution in [-0.2, 0) is 19.6 Å². The highest BCUT2D eigenvalue weighted by atomic mass is 16.2. The average Bonchev–Trinajstić information content (AvgIpc) is 3.27. The van der Waals surface area contributed by atoms with Crippen LogP contribution in [0.1, 0.15) is 29.0 Å². The molecule has 7 nitrogen and oxygen atoms in total. The normalized spacial score (nSPS) is 21.1. The standard InChI is InChI=1S/C15H20N6O/c22-15(14-9-13-10-16-5-8-21(13)18-14)20-7-1-3-12(20)11-19-6-2-4-17-19/h2,4,6,9,12,16H,1,3,5,7-8,10-11H2. The van der Waals surface area contributed by atoms with E-state index in [-0.39, 0.29) is 11.9 Å². The summed E-state index contributed by atoms with van der Waals surface area (Å²) in [5, 5.41) is 12.0. The molecule has 2 aliphatic rings. The van der Waals surface area contributed by atoms with Gasteiger partial charge in [0.2, 0.25) is 0 Å². The summed E-state index contributed by atoms with van der Waals surface area (Å²) in [5.74, 6) is 0.0524. The highest BCUT2D eigenvalue weighted by molar-refractivity contribution is 5.92. The highest BCUT2D eigenvalue weighted by Crippen LogP contribution is 2.21. The fourth-order valence-corrected chi connectivity index (χ4v) is 3.36. The molecule has 1 saturated heterocycles. The first-order valence-corrected chi connectivity index (χ1v) is 7.87. The molecule has 22 heavy (non-hydrogen) atoms. The summed E-state index contributed by atoms with van der Waals surface area (Å²) in [6.45, 7) is 4.10. The van der Waals surface area contributed by atoms with Crippen molar-refractivity contribution in [2.75, 3.05) is 13.1 Å². The summed E-state index contributed by atoms with van der Waals surface area (Å²) in [5.41, 5.74) is 1.67. The maximum Gasteiger partial charge on any atom is 0.274 e. The lowest BCUT2D eigenvalue weighted by atomic mass is 10.2. The lowest BCUT2D eigenvalue weighted by Gasteiger charge is -2.23. The lowest BCUT2D eigenvalue weighted by Crippen LogP contribution is -2.38. The first kappa shape index (κ1) is 13.5. The molecule has 2 aromatic rings. The number of carbonyl (C=O) groups is 1. The zero-order chi connectivity index (χ0) is 14.9. The third-order valence-corrected chi connectivity index (χ3v) is 4.48. The molecule has 0 radical (unpaired) electrons. The van der Waals surface area contributed by atoms with Crippen LogP contribution in [0.15, 0.2) is 24.5 Å². The molecule has 1 amide bonds. The second-order valence-corrected chi connectivity index (χ2v) is 5.94. The molecule has 1 fully saturated rings. The summed E-state index contributed by atoms with van der Waals surface area (Å²) in [7, 11) is 0. The van der Waals surface area contributed by atoms with E-state index in [1.165, 1.54) is 0 Å². The molecule has 4 heterocycles. The number of nitrogens with one attached hydrogen (secondary N) is 1. The number of aromatic nitrogens is 4. The minimum absolute atomic E-state index is 0.0524. The molecule has 1 N–H and O–H groups in total. The fourth-order valence-electron chi connectivity index (χ4n) is 3.36. The van der Waals surface area contributed by atoms with E-state index in [0.717, 1.165) is 51.3 Å². The lowest BCUT2D eigenvalue weighted by molar-refractivity contribution is 0.0714. The van der Waals surface area contributed by atoms with E-state index in [9.17, 15) is 4.79 Å². The van der Waals surface area contributed by atoms with E-state index in [4.69, 9.17) is 0 Å². The van der Waals surface area contributed by atoms with E-state index >= 15 is 0 Å². The van der Waals surface area contributed by atoms with Crippen LogP contribution in [0.5, 0.6) is 0 Å². The molecular formula is C15H20N6O. The second-order valence-electron chi connectivity index (χ2n) is 5.94. The quantitative estimate of drug-likeness (QED) is 0.895. The van der Waals surface area contributed by atoms with Crippen LogP contribution in [0.2, 0.25) is 0 Å². The fraction of sp³-hybridized carbons (Fsp3) is 0.533. The Labute approximate surface area is 128 Å². The van der Waals surface area contributed by atoms with Crippen LogP contribution in [0.3, 0.4) is 0 Å². The van der Waals surface area contributed by atoms with Gasteiger partial charge in [0.1, 0.15) is 0 Å². The minimum Gasteiger partial charge on any atom is -0.332 e. The number of rotatable bonds is 3. The maximum atomic E-state index is 12.8. The van der Waals surface area contributed by atoms with Crippen molar-refractivity contribution in [3.05, 3.63) is 35.9 Å². The third kappa shape index (κ3) is 2.41. The smallest absolute Gasteiger partial charge is 0.274 e. The largest absolute Gasteiger partial charge is 0.332 e. The molecule has 116 valence electrons. The Hall–Kier alpha value is -2.15. The Morgan fingerprint density at radius 1 is 1.41 bits per heavy atom. The highest BCUT2D eigenvalue weighted by Gasteiger charge is 2.31. The first-order chi connectivity index (χ1) is 10.8. The van der Waals surface area contributed by atoms with Crippen molar-refractivity contribution in [2.45, 2.75) is 38.5 Å². The molecule has 4 rings (SSSR count). The van der Waals surface area contributed by atoms with Crippen molar-refractivity contribution in [3.8, 4) is 0 Å². The molecule has 1 atom stereocenters. The van der Waals surface area contributed by atoms with Crippen LogP contribution in [0, 0.1) is 0 Å². The van der Waals surface area contributed by atoms with E-state index in [0.29, 0.717) is 5.69 Å². The summed E-state index contributed by atoms with van der Waals surface area (Å²) in [4.78, 5) is 14.8. The Morgan fingerprint density at radius 3 is 3.18 bits per heavy atom. The molecule has 0 bridgehead atoms. The van der Waals surface area contributed by atoms with Crippen LogP contribution < -0.4 is 5.32 Å². The summed E-state index contributed by atoms with van der Waals surface area (Å²) in [6, 6.07) is 4.05. The monoisotopic (exact) mass is 300 g/mol. The summed E-state index contributed by atoms with van der Waals surface area (Å²) < 4.78 is 3.85. The molecule has 7 heteroatoms. The van der Waals surface area contributed by atoms with Crippen molar-refractivity contribution in [2.24, 2.45) is 0 Å².